The Balaban J connectivity index is 1.65. The normalized spacial score (nSPS) is 11.4. The van der Waals surface area contributed by atoms with Crippen LogP contribution in [0.2, 0.25) is 0 Å². The molecule has 5 rings (SSSR count). The number of rotatable bonds is 4. The fourth-order valence-corrected chi connectivity index (χ4v) is 3.56. The molecule has 0 bridgehead atoms. The summed E-state index contributed by atoms with van der Waals surface area (Å²) < 4.78 is 3.41. The van der Waals surface area contributed by atoms with E-state index in [0.717, 1.165) is 16.9 Å². The maximum atomic E-state index is 13.3. The summed E-state index contributed by atoms with van der Waals surface area (Å²) in [6.07, 6.45) is 3.68. The molecule has 3 aromatic carbocycles. The Labute approximate surface area is 179 Å². The van der Waals surface area contributed by atoms with Crippen LogP contribution in [0.4, 0.5) is 0 Å². The lowest BCUT2D eigenvalue weighted by molar-refractivity contribution is 0.828. The van der Waals surface area contributed by atoms with Crippen LogP contribution in [-0.4, -0.2) is 20.4 Å². The molecule has 0 aliphatic heterocycles. The van der Waals surface area contributed by atoms with Crippen LogP contribution in [0.15, 0.2) is 107 Å². The number of fused-ring (bicyclic) bond motifs is 1. The number of hydrogen-bond donors (Lipinski definition) is 0. The van der Waals surface area contributed by atoms with Gasteiger partial charge in [-0.15, -0.1) is 0 Å². The Morgan fingerprint density at radius 1 is 0.839 bits per heavy atom. The number of nitrogens with zero attached hydrogens (tertiary/aromatic N) is 4. The molecule has 0 amide bonds. The van der Waals surface area contributed by atoms with Crippen molar-refractivity contribution < 1.29 is 0 Å². The summed E-state index contributed by atoms with van der Waals surface area (Å²) in [7, 11) is 0. The number of hydrogen-bond acceptors (Lipinski definition) is 3. The standard InChI is InChI=1S/C26H20N4O/c1-19-13-15-21(16-14-19)29-17-7-10-22(29)18-27-30-25(20-8-3-2-4-9-20)28-24-12-6-5-11-23(24)26(30)31/h2-18H,1H3. The molecule has 0 fully saturated rings. The van der Waals surface area contributed by atoms with E-state index in [9.17, 15) is 4.79 Å². The highest BCUT2D eigenvalue weighted by atomic mass is 16.1. The highest BCUT2D eigenvalue weighted by Gasteiger charge is 2.12. The van der Waals surface area contributed by atoms with E-state index in [1.807, 2.05) is 71.4 Å². The zero-order valence-electron chi connectivity index (χ0n) is 17.0. The molecule has 31 heavy (non-hydrogen) atoms. The summed E-state index contributed by atoms with van der Waals surface area (Å²) in [5, 5.41) is 5.11. The van der Waals surface area contributed by atoms with Crippen LogP contribution in [-0.2, 0) is 0 Å². The van der Waals surface area contributed by atoms with Gasteiger partial charge in [0.2, 0.25) is 0 Å². The molecule has 2 heterocycles. The second-order valence-corrected chi connectivity index (χ2v) is 7.32. The van der Waals surface area contributed by atoms with Crippen molar-refractivity contribution in [2.75, 3.05) is 0 Å². The lowest BCUT2D eigenvalue weighted by atomic mass is 10.2. The zero-order chi connectivity index (χ0) is 21.2. The Bertz CT molecular complexity index is 1440. The van der Waals surface area contributed by atoms with Crippen molar-refractivity contribution >= 4 is 17.1 Å². The summed E-state index contributed by atoms with van der Waals surface area (Å²) in [6.45, 7) is 2.06. The quantitative estimate of drug-likeness (QED) is 0.394. The van der Waals surface area contributed by atoms with Gasteiger partial charge in [0.25, 0.3) is 5.56 Å². The van der Waals surface area contributed by atoms with Gasteiger partial charge >= 0.3 is 0 Å². The third kappa shape index (κ3) is 3.57. The molecule has 0 atom stereocenters. The lowest BCUT2D eigenvalue weighted by Crippen LogP contribution is -2.20. The number of aromatic nitrogens is 3. The molecular formula is C26H20N4O. The SMILES string of the molecule is Cc1ccc(-n2cccc2C=Nn2c(-c3ccccc3)nc3ccccc3c2=O)cc1. The first kappa shape index (κ1) is 18.8. The third-order valence-corrected chi connectivity index (χ3v) is 5.18. The molecule has 0 radical (unpaired) electrons. The first-order valence-electron chi connectivity index (χ1n) is 10.1. The van der Waals surface area contributed by atoms with Gasteiger partial charge in [-0.05, 0) is 43.3 Å². The van der Waals surface area contributed by atoms with Crippen LogP contribution in [0, 0.1) is 6.92 Å². The molecule has 0 saturated heterocycles. The van der Waals surface area contributed by atoms with Gasteiger partial charge in [0.15, 0.2) is 5.82 Å². The second-order valence-electron chi connectivity index (χ2n) is 7.32. The van der Waals surface area contributed by atoms with E-state index < -0.39 is 0 Å². The minimum absolute atomic E-state index is 0.200. The third-order valence-electron chi connectivity index (χ3n) is 5.18. The van der Waals surface area contributed by atoms with E-state index in [2.05, 4.69) is 36.3 Å². The monoisotopic (exact) mass is 404 g/mol. The van der Waals surface area contributed by atoms with Crippen molar-refractivity contribution in [1.82, 2.24) is 14.2 Å². The maximum Gasteiger partial charge on any atom is 0.282 e. The maximum absolute atomic E-state index is 13.3. The largest absolute Gasteiger partial charge is 0.316 e. The molecule has 5 aromatic rings. The number of benzene rings is 3. The summed E-state index contributed by atoms with van der Waals surface area (Å²) >= 11 is 0. The molecule has 0 aliphatic rings. The van der Waals surface area contributed by atoms with Crippen molar-refractivity contribution in [1.29, 1.82) is 0 Å². The zero-order valence-corrected chi connectivity index (χ0v) is 17.0. The summed E-state index contributed by atoms with van der Waals surface area (Å²) in [5.41, 5.74) is 4.38. The summed E-state index contributed by atoms with van der Waals surface area (Å²) in [6, 6.07) is 29.2. The Kier molecular flexibility index (Phi) is 4.77. The Hall–Kier alpha value is -4.25. The van der Waals surface area contributed by atoms with Crippen LogP contribution in [0.25, 0.3) is 28.0 Å². The average molecular weight is 404 g/mol. The number of para-hydroxylation sites is 1. The molecule has 0 N–H and O–H groups in total. The van der Waals surface area contributed by atoms with Gasteiger partial charge in [-0.1, -0.05) is 60.2 Å². The van der Waals surface area contributed by atoms with Gasteiger partial charge in [-0.2, -0.15) is 9.78 Å². The van der Waals surface area contributed by atoms with Crippen molar-refractivity contribution in [3.63, 3.8) is 0 Å². The molecule has 150 valence electrons. The highest BCUT2D eigenvalue weighted by Crippen LogP contribution is 2.19. The van der Waals surface area contributed by atoms with E-state index in [1.54, 1.807) is 12.3 Å². The molecule has 5 heteroatoms. The molecule has 0 saturated carbocycles. The van der Waals surface area contributed by atoms with Crippen LogP contribution in [0.5, 0.6) is 0 Å². The van der Waals surface area contributed by atoms with Gasteiger partial charge in [0, 0.05) is 17.4 Å². The minimum atomic E-state index is -0.200. The van der Waals surface area contributed by atoms with E-state index in [0.29, 0.717) is 16.7 Å². The van der Waals surface area contributed by atoms with Crippen molar-refractivity contribution in [2.24, 2.45) is 5.10 Å². The highest BCUT2D eigenvalue weighted by molar-refractivity contribution is 5.81. The molecule has 0 aliphatic carbocycles. The van der Waals surface area contributed by atoms with Crippen LogP contribution >= 0.6 is 0 Å². The first-order chi connectivity index (χ1) is 15.2. The molecule has 5 nitrogen and oxygen atoms in total. The van der Waals surface area contributed by atoms with E-state index in [4.69, 9.17) is 4.98 Å². The van der Waals surface area contributed by atoms with Gasteiger partial charge in [0.1, 0.15) is 0 Å². The predicted molar refractivity (Wildman–Crippen MR) is 125 cm³/mol. The molecule has 0 unspecified atom stereocenters. The van der Waals surface area contributed by atoms with Gasteiger partial charge < -0.3 is 4.57 Å². The van der Waals surface area contributed by atoms with Crippen LogP contribution in [0.3, 0.4) is 0 Å². The Morgan fingerprint density at radius 2 is 1.58 bits per heavy atom. The molecular weight excluding hydrogens is 384 g/mol. The van der Waals surface area contributed by atoms with Crippen LogP contribution in [0.1, 0.15) is 11.3 Å². The van der Waals surface area contributed by atoms with Crippen molar-refractivity contribution in [3.05, 3.63) is 119 Å². The fourth-order valence-electron chi connectivity index (χ4n) is 3.56. The van der Waals surface area contributed by atoms with Gasteiger partial charge in [0.05, 0.1) is 22.8 Å². The van der Waals surface area contributed by atoms with E-state index in [-0.39, 0.29) is 5.56 Å². The summed E-state index contributed by atoms with van der Waals surface area (Å²) in [4.78, 5) is 18.0. The first-order valence-corrected chi connectivity index (χ1v) is 10.1. The summed E-state index contributed by atoms with van der Waals surface area (Å²) in [5.74, 6) is 0.508. The predicted octanol–water partition coefficient (Wildman–Crippen LogP) is 5.04. The number of aryl methyl sites for hydroxylation is 1. The molecule has 0 spiro atoms. The minimum Gasteiger partial charge on any atom is -0.316 e. The van der Waals surface area contributed by atoms with Crippen molar-refractivity contribution in [3.8, 4) is 17.1 Å². The molecule has 2 aromatic heterocycles. The fraction of sp³-hybridized carbons (Fsp3) is 0.0385. The lowest BCUT2D eigenvalue weighted by Gasteiger charge is -2.10. The van der Waals surface area contributed by atoms with Crippen molar-refractivity contribution in [2.45, 2.75) is 6.92 Å². The second kappa shape index (κ2) is 7.88. The van der Waals surface area contributed by atoms with E-state index in [1.165, 1.54) is 10.2 Å². The van der Waals surface area contributed by atoms with E-state index >= 15 is 0 Å². The average Bonchev–Trinajstić information content (AvgIpc) is 3.28. The topological polar surface area (TPSA) is 52.2 Å². The van der Waals surface area contributed by atoms with Crippen LogP contribution < -0.4 is 5.56 Å². The van der Waals surface area contributed by atoms with Gasteiger partial charge in [-0.25, -0.2) is 4.98 Å². The van der Waals surface area contributed by atoms with Gasteiger partial charge in [-0.3, -0.25) is 4.79 Å². The Morgan fingerprint density at radius 3 is 2.39 bits per heavy atom. The smallest absolute Gasteiger partial charge is 0.282 e.